The predicted octanol–water partition coefficient (Wildman–Crippen LogP) is 1.32. The highest BCUT2D eigenvalue weighted by atomic mass is 16.5. The zero-order chi connectivity index (χ0) is 14.4. The summed E-state index contributed by atoms with van der Waals surface area (Å²) in [5, 5.41) is 3.12. The highest BCUT2D eigenvalue weighted by molar-refractivity contribution is 5.39. The van der Waals surface area contributed by atoms with Crippen molar-refractivity contribution in [1.29, 1.82) is 0 Å². The van der Waals surface area contributed by atoms with Gasteiger partial charge >= 0.3 is 6.01 Å². The first-order valence-corrected chi connectivity index (χ1v) is 7.21. The Balaban J connectivity index is 2.22. The van der Waals surface area contributed by atoms with Crippen LogP contribution in [-0.4, -0.2) is 53.9 Å². The number of anilines is 2. The first-order chi connectivity index (χ1) is 9.74. The average molecular weight is 281 g/mol. The lowest BCUT2D eigenvalue weighted by atomic mass is 10.3. The van der Waals surface area contributed by atoms with E-state index in [1.54, 1.807) is 0 Å². The zero-order valence-electron chi connectivity index (χ0n) is 12.4. The highest BCUT2D eigenvalue weighted by Crippen LogP contribution is 2.19. The van der Waals surface area contributed by atoms with Crippen LogP contribution in [0, 0.1) is 0 Å². The van der Waals surface area contributed by atoms with Crippen LogP contribution in [0.2, 0.25) is 0 Å². The average Bonchev–Trinajstić information content (AvgIpc) is 2.46. The number of hydrogen-bond donors (Lipinski definition) is 1. The summed E-state index contributed by atoms with van der Waals surface area (Å²) < 4.78 is 11.0. The molecule has 1 aliphatic rings. The van der Waals surface area contributed by atoms with E-state index in [1.165, 1.54) is 0 Å². The molecule has 0 aromatic carbocycles. The van der Waals surface area contributed by atoms with Gasteiger partial charge in [0, 0.05) is 13.1 Å². The van der Waals surface area contributed by atoms with E-state index in [0.29, 0.717) is 37.7 Å². The van der Waals surface area contributed by atoms with E-state index in [2.05, 4.69) is 39.0 Å². The molecule has 0 radical (unpaired) electrons. The van der Waals surface area contributed by atoms with Crippen molar-refractivity contribution in [3.8, 4) is 6.01 Å². The van der Waals surface area contributed by atoms with Crippen molar-refractivity contribution in [3.05, 3.63) is 0 Å². The van der Waals surface area contributed by atoms with Crippen LogP contribution < -0.4 is 15.0 Å². The Kier molecular flexibility index (Phi) is 5.34. The maximum absolute atomic E-state index is 5.55. The Morgan fingerprint density at radius 3 is 2.90 bits per heavy atom. The van der Waals surface area contributed by atoms with Crippen LogP contribution in [-0.2, 0) is 4.74 Å². The summed E-state index contributed by atoms with van der Waals surface area (Å²) in [6.07, 6.45) is 0.922. The summed E-state index contributed by atoms with van der Waals surface area (Å²) in [6, 6.07) is 0.631. The quantitative estimate of drug-likeness (QED) is 0.843. The molecule has 2 rings (SSSR count). The van der Waals surface area contributed by atoms with Crippen LogP contribution in [0.4, 0.5) is 11.9 Å². The number of hydrogen-bond acceptors (Lipinski definition) is 7. The summed E-state index contributed by atoms with van der Waals surface area (Å²) >= 11 is 0. The fraction of sp³-hybridized carbons (Fsp3) is 0.769. The number of nitrogens with zero attached hydrogens (tertiary/aromatic N) is 4. The Morgan fingerprint density at radius 2 is 2.20 bits per heavy atom. The third-order valence-electron chi connectivity index (χ3n) is 3.00. The maximum Gasteiger partial charge on any atom is 0.323 e. The Morgan fingerprint density at radius 1 is 1.35 bits per heavy atom. The summed E-state index contributed by atoms with van der Waals surface area (Å²) in [5.41, 5.74) is 0. The molecule has 1 atom stereocenters. The van der Waals surface area contributed by atoms with Crippen molar-refractivity contribution in [2.75, 3.05) is 43.1 Å². The van der Waals surface area contributed by atoms with Gasteiger partial charge in [0.2, 0.25) is 11.9 Å². The minimum Gasteiger partial charge on any atom is -0.463 e. The SMILES string of the molecule is CCCOc1nc(NCC)nc(N2CCOCC2C)n1. The van der Waals surface area contributed by atoms with E-state index in [1.807, 2.05) is 6.92 Å². The van der Waals surface area contributed by atoms with Crippen molar-refractivity contribution >= 4 is 11.9 Å². The van der Waals surface area contributed by atoms with Crippen LogP contribution in [0.15, 0.2) is 0 Å². The molecule has 0 bridgehead atoms. The minimum atomic E-state index is 0.250. The molecule has 0 aliphatic carbocycles. The standard InChI is InChI=1S/C13H23N5O2/c1-4-7-20-13-16-11(14-5-2)15-12(17-13)18-6-8-19-9-10(18)3/h10H,4-9H2,1-3H3,(H,14,15,16,17). The molecule has 0 saturated carbocycles. The molecule has 1 fully saturated rings. The summed E-state index contributed by atoms with van der Waals surface area (Å²) in [7, 11) is 0. The largest absolute Gasteiger partial charge is 0.463 e. The number of aromatic nitrogens is 3. The van der Waals surface area contributed by atoms with Gasteiger partial charge in [-0.15, -0.1) is 0 Å². The second-order valence-electron chi connectivity index (χ2n) is 4.74. The van der Waals surface area contributed by atoms with Gasteiger partial charge in [0.1, 0.15) is 0 Å². The smallest absolute Gasteiger partial charge is 0.323 e. The first-order valence-electron chi connectivity index (χ1n) is 7.21. The molecule has 7 heteroatoms. The Hall–Kier alpha value is -1.63. The van der Waals surface area contributed by atoms with Gasteiger partial charge in [-0.2, -0.15) is 15.0 Å². The van der Waals surface area contributed by atoms with Gasteiger partial charge in [-0.05, 0) is 20.3 Å². The molecule has 1 N–H and O–H groups in total. The predicted molar refractivity (Wildman–Crippen MR) is 77.4 cm³/mol. The van der Waals surface area contributed by atoms with Crippen LogP contribution >= 0.6 is 0 Å². The third-order valence-corrected chi connectivity index (χ3v) is 3.00. The van der Waals surface area contributed by atoms with Crippen molar-refractivity contribution in [2.45, 2.75) is 33.2 Å². The Labute approximate surface area is 119 Å². The zero-order valence-corrected chi connectivity index (χ0v) is 12.4. The van der Waals surface area contributed by atoms with Crippen LogP contribution in [0.25, 0.3) is 0 Å². The summed E-state index contributed by atoms with van der Waals surface area (Å²) in [6.45, 7) is 9.69. The van der Waals surface area contributed by atoms with Gasteiger partial charge in [0.25, 0.3) is 0 Å². The third kappa shape index (κ3) is 3.69. The minimum absolute atomic E-state index is 0.250. The van der Waals surface area contributed by atoms with E-state index in [9.17, 15) is 0 Å². The van der Waals surface area contributed by atoms with Crippen molar-refractivity contribution in [2.24, 2.45) is 0 Å². The van der Waals surface area contributed by atoms with E-state index < -0.39 is 0 Å². The summed E-state index contributed by atoms with van der Waals surface area (Å²) in [5.74, 6) is 1.21. The molecule has 1 saturated heterocycles. The van der Waals surface area contributed by atoms with E-state index in [0.717, 1.165) is 19.5 Å². The van der Waals surface area contributed by atoms with Gasteiger partial charge in [-0.3, -0.25) is 0 Å². The monoisotopic (exact) mass is 281 g/mol. The van der Waals surface area contributed by atoms with Crippen LogP contribution in [0.3, 0.4) is 0 Å². The first kappa shape index (κ1) is 14.8. The fourth-order valence-corrected chi connectivity index (χ4v) is 1.99. The van der Waals surface area contributed by atoms with E-state index in [4.69, 9.17) is 9.47 Å². The molecule has 7 nitrogen and oxygen atoms in total. The number of rotatable bonds is 6. The molecular formula is C13H23N5O2. The molecule has 112 valence electrons. The van der Waals surface area contributed by atoms with Crippen LogP contribution in [0.5, 0.6) is 6.01 Å². The number of nitrogens with one attached hydrogen (secondary N) is 1. The molecule has 0 spiro atoms. The molecule has 20 heavy (non-hydrogen) atoms. The second kappa shape index (κ2) is 7.23. The van der Waals surface area contributed by atoms with Gasteiger partial charge < -0.3 is 19.7 Å². The second-order valence-corrected chi connectivity index (χ2v) is 4.74. The number of ether oxygens (including phenoxy) is 2. The Bertz CT molecular complexity index is 429. The molecule has 1 aliphatic heterocycles. The molecular weight excluding hydrogens is 258 g/mol. The highest BCUT2D eigenvalue weighted by Gasteiger charge is 2.23. The molecule has 1 aromatic rings. The molecule has 1 unspecified atom stereocenters. The van der Waals surface area contributed by atoms with E-state index in [-0.39, 0.29) is 6.04 Å². The summed E-state index contributed by atoms with van der Waals surface area (Å²) in [4.78, 5) is 15.3. The maximum atomic E-state index is 5.55. The van der Waals surface area contributed by atoms with Crippen LogP contribution in [0.1, 0.15) is 27.2 Å². The van der Waals surface area contributed by atoms with Gasteiger partial charge in [-0.25, -0.2) is 0 Å². The van der Waals surface area contributed by atoms with Crippen molar-refractivity contribution < 1.29 is 9.47 Å². The molecule has 0 amide bonds. The lowest BCUT2D eigenvalue weighted by Gasteiger charge is -2.33. The van der Waals surface area contributed by atoms with Gasteiger partial charge in [0.15, 0.2) is 0 Å². The lowest BCUT2D eigenvalue weighted by Crippen LogP contribution is -2.44. The number of morpholine rings is 1. The molecule has 1 aromatic heterocycles. The fourth-order valence-electron chi connectivity index (χ4n) is 1.99. The molecule has 2 heterocycles. The van der Waals surface area contributed by atoms with Gasteiger partial charge in [-0.1, -0.05) is 6.92 Å². The lowest BCUT2D eigenvalue weighted by molar-refractivity contribution is 0.0979. The van der Waals surface area contributed by atoms with Gasteiger partial charge in [0.05, 0.1) is 25.9 Å². The normalized spacial score (nSPS) is 18.9. The van der Waals surface area contributed by atoms with E-state index >= 15 is 0 Å². The topological polar surface area (TPSA) is 72.4 Å². The van der Waals surface area contributed by atoms with Crippen molar-refractivity contribution in [1.82, 2.24) is 15.0 Å². The van der Waals surface area contributed by atoms with Crippen molar-refractivity contribution in [3.63, 3.8) is 0 Å².